The number of benzene rings is 2. The van der Waals surface area contributed by atoms with Crippen LogP contribution in [0, 0.1) is 0 Å². The minimum absolute atomic E-state index is 0.0104. The van der Waals surface area contributed by atoms with E-state index in [-0.39, 0.29) is 28.0 Å². The van der Waals surface area contributed by atoms with Gasteiger partial charge in [-0.25, -0.2) is 4.79 Å². The highest BCUT2D eigenvalue weighted by atomic mass is 16.4. The zero-order chi connectivity index (χ0) is 15.1. The van der Waals surface area contributed by atoms with Crippen molar-refractivity contribution in [3.63, 3.8) is 0 Å². The quantitative estimate of drug-likeness (QED) is 0.511. The summed E-state index contributed by atoms with van der Waals surface area (Å²) in [7, 11) is 0. The summed E-state index contributed by atoms with van der Waals surface area (Å²) in [5, 5.41) is 38.6. The van der Waals surface area contributed by atoms with Gasteiger partial charge in [-0.15, -0.1) is 0 Å². The van der Waals surface area contributed by atoms with Crippen LogP contribution < -0.4 is 5.63 Å². The van der Waals surface area contributed by atoms with Gasteiger partial charge in [0.05, 0.1) is 0 Å². The van der Waals surface area contributed by atoms with Gasteiger partial charge in [-0.1, -0.05) is 12.1 Å². The van der Waals surface area contributed by atoms with E-state index in [9.17, 15) is 25.2 Å². The van der Waals surface area contributed by atoms with Crippen LogP contribution in [0.5, 0.6) is 23.0 Å². The lowest BCUT2D eigenvalue weighted by Crippen LogP contribution is -2.03. The second kappa shape index (κ2) is 4.45. The lowest BCUT2D eigenvalue weighted by atomic mass is 10.0. The number of fused-ring (bicyclic) bond motifs is 1. The summed E-state index contributed by atoms with van der Waals surface area (Å²) in [5.74, 6) is -1.15. The number of phenolic OH excluding ortho intramolecular Hbond substituents is 3. The van der Waals surface area contributed by atoms with Gasteiger partial charge in [0.15, 0.2) is 0 Å². The van der Waals surface area contributed by atoms with Crippen LogP contribution in [0.25, 0.3) is 22.1 Å². The smallest absolute Gasteiger partial charge is 0.347 e. The molecule has 3 aromatic rings. The molecule has 106 valence electrons. The van der Waals surface area contributed by atoms with Crippen LogP contribution in [0.1, 0.15) is 0 Å². The minimum Gasteiger partial charge on any atom is -0.508 e. The van der Waals surface area contributed by atoms with Crippen LogP contribution in [0.15, 0.2) is 45.6 Å². The average molecular weight is 286 g/mol. The highest BCUT2D eigenvalue weighted by molar-refractivity contribution is 5.95. The van der Waals surface area contributed by atoms with Gasteiger partial charge in [-0.2, -0.15) is 0 Å². The Labute approximate surface area is 117 Å². The largest absolute Gasteiger partial charge is 0.508 e. The number of hydrogen-bond donors (Lipinski definition) is 4. The van der Waals surface area contributed by atoms with Crippen molar-refractivity contribution in [1.82, 2.24) is 0 Å². The fourth-order valence-corrected chi connectivity index (χ4v) is 2.16. The van der Waals surface area contributed by atoms with Gasteiger partial charge in [0, 0.05) is 12.1 Å². The third kappa shape index (κ3) is 2.02. The molecule has 1 aromatic heterocycles. The molecule has 6 heteroatoms. The molecule has 0 saturated heterocycles. The number of rotatable bonds is 1. The molecule has 0 bridgehead atoms. The van der Waals surface area contributed by atoms with E-state index in [0.717, 1.165) is 12.1 Å². The van der Waals surface area contributed by atoms with Crippen LogP contribution in [0.2, 0.25) is 0 Å². The molecule has 3 rings (SSSR count). The molecule has 0 unspecified atom stereocenters. The molecule has 21 heavy (non-hydrogen) atoms. The second-order valence-electron chi connectivity index (χ2n) is 4.50. The molecule has 0 aliphatic carbocycles. The summed E-state index contributed by atoms with van der Waals surface area (Å²) in [4.78, 5) is 12.0. The van der Waals surface area contributed by atoms with Crippen molar-refractivity contribution in [1.29, 1.82) is 0 Å². The second-order valence-corrected chi connectivity index (χ2v) is 4.50. The number of phenols is 3. The maximum atomic E-state index is 12.0. The van der Waals surface area contributed by atoms with Crippen molar-refractivity contribution in [3.05, 3.63) is 46.8 Å². The lowest BCUT2D eigenvalue weighted by Gasteiger charge is -2.08. The van der Waals surface area contributed by atoms with Gasteiger partial charge < -0.3 is 24.8 Å². The Balaban J connectivity index is 2.39. The summed E-state index contributed by atoms with van der Waals surface area (Å²) in [6.45, 7) is 0. The van der Waals surface area contributed by atoms with E-state index in [2.05, 4.69) is 0 Å². The summed E-state index contributed by atoms with van der Waals surface area (Å²) in [5.41, 5.74) is -0.759. The van der Waals surface area contributed by atoms with E-state index >= 15 is 0 Å². The van der Waals surface area contributed by atoms with Crippen molar-refractivity contribution in [2.45, 2.75) is 0 Å². The Morgan fingerprint density at radius 3 is 2.19 bits per heavy atom. The molecule has 0 saturated carbocycles. The standard InChI is InChI=1S/C15H10O6/c16-8-3-1-7(2-4-8)12-14(19)13-10(18)5-9(17)6-11(13)21-15(12)20/h1-6,16-19H. The molecule has 0 amide bonds. The molecule has 0 atom stereocenters. The Kier molecular flexibility index (Phi) is 2.72. The van der Waals surface area contributed by atoms with E-state index in [0.29, 0.717) is 5.56 Å². The highest BCUT2D eigenvalue weighted by Gasteiger charge is 2.19. The topological polar surface area (TPSA) is 111 Å². The maximum Gasteiger partial charge on any atom is 0.347 e. The van der Waals surface area contributed by atoms with Crippen LogP contribution in [-0.2, 0) is 0 Å². The maximum absolute atomic E-state index is 12.0. The first-order valence-corrected chi connectivity index (χ1v) is 5.98. The predicted octanol–water partition coefficient (Wildman–Crippen LogP) is 2.28. The zero-order valence-electron chi connectivity index (χ0n) is 10.6. The first kappa shape index (κ1) is 12.9. The Morgan fingerprint density at radius 2 is 1.52 bits per heavy atom. The van der Waals surface area contributed by atoms with Gasteiger partial charge in [-0.05, 0) is 17.7 Å². The van der Waals surface area contributed by atoms with Crippen LogP contribution in [-0.4, -0.2) is 20.4 Å². The molecular formula is C15H10O6. The van der Waals surface area contributed by atoms with E-state index in [4.69, 9.17) is 4.42 Å². The minimum atomic E-state index is -0.823. The molecule has 6 nitrogen and oxygen atoms in total. The molecular weight excluding hydrogens is 276 g/mol. The Morgan fingerprint density at radius 1 is 0.857 bits per heavy atom. The van der Waals surface area contributed by atoms with Gasteiger partial charge in [0.25, 0.3) is 0 Å². The first-order valence-electron chi connectivity index (χ1n) is 5.98. The summed E-state index contributed by atoms with van der Waals surface area (Å²) in [6.07, 6.45) is 0. The number of hydrogen-bond acceptors (Lipinski definition) is 6. The van der Waals surface area contributed by atoms with E-state index in [1.807, 2.05) is 0 Å². The van der Waals surface area contributed by atoms with Crippen molar-refractivity contribution in [3.8, 4) is 34.1 Å². The van der Waals surface area contributed by atoms with Crippen molar-refractivity contribution < 1.29 is 24.8 Å². The highest BCUT2D eigenvalue weighted by Crippen LogP contribution is 2.40. The molecule has 0 radical (unpaired) electrons. The Bertz CT molecular complexity index is 893. The van der Waals surface area contributed by atoms with Crippen LogP contribution in [0.3, 0.4) is 0 Å². The molecule has 2 aromatic carbocycles. The van der Waals surface area contributed by atoms with Crippen molar-refractivity contribution in [2.24, 2.45) is 0 Å². The van der Waals surface area contributed by atoms with Crippen LogP contribution >= 0.6 is 0 Å². The fourth-order valence-electron chi connectivity index (χ4n) is 2.16. The molecule has 1 heterocycles. The fraction of sp³-hybridized carbons (Fsp3) is 0. The van der Waals surface area contributed by atoms with Crippen molar-refractivity contribution in [2.75, 3.05) is 0 Å². The van der Waals surface area contributed by atoms with E-state index in [1.165, 1.54) is 24.3 Å². The summed E-state index contributed by atoms with van der Waals surface area (Å²) in [6, 6.07) is 7.73. The molecule has 4 N–H and O–H groups in total. The van der Waals surface area contributed by atoms with Gasteiger partial charge in [0.2, 0.25) is 0 Å². The van der Waals surface area contributed by atoms with Gasteiger partial charge in [0.1, 0.15) is 39.5 Å². The summed E-state index contributed by atoms with van der Waals surface area (Å²) < 4.78 is 5.02. The normalized spacial score (nSPS) is 10.9. The predicted molar refractivity (Wildman–Crippen MR) is 74.6 cm³/mol. The molecule has 0 fully saturated rings. The Hall–Kier alpha value is -3.15. The molecule has 0 aliphatic rings. The summed E-state index contributed by atoms with van der Waals surface area (Å²) >= 11 is 0. The molecule has 0 spiro atoms. The third-order valence-electron chi connectivity index (χ3n) is 3.10. The first-order chi connectivity index (χ1) is 9.97. The van der Waals surface area contributed by atoms with Gasteiger partial charge in [-0.3, -0.25) is 0 Å². The lowest BCUT2D eigenvalue weighted by molar-refractivity contribution is 0.441. The van der Waals surface area contributed by atoms with Gasteiger partial charge >= 0.3 is 5.63 Å². The number of aromatic hydroxyl groups is 4. The third-order valence-corrected chi connectivity index (χ3v) is 3.10. The SMILES string of the molecule is O=c1oc2cc(O)cc(O)c2c(O)c1-c1ccc(O)cc1. The average Bonchev–Trinajstić information content (AvgIpc) is 2.39. The van der Waals surface area contributed by atoms with E-state index in [1.54, 1.807) is 0 Å². The zero-order valence-corrected chi connectivity index (χ0v) is 10.6. The van der Waals surface area contributed by atoms with Crippen LogP contribution in [0.4, 0.5) is 0 Å². The molecule has 0 aliphatic heterocycles. The monoisotopic (exact) mass is 286 g/mol. The van der Waals surface area contributed by atoms with E-state index < -0.39 is 17.1 Å². The van der Waals surface area contributed by atoms with Crippen molar-refractivity contribution >= 4 is 11.0 Å².